The Morgan fingerprint density at radius 2 is 2.00 bits per heavy atom. The molecule has 4 N–H and O–H groups in total. The highest BCUT2D eigenvalue weighted by Gasteiger charge is 2.22. The van der Waals surface area contributed by atoms with Crippen LogP contribution in [0.2, 0.25) is 0 Å². The summed E-state index contributed by atoms with van der Waals surface area (Å²) in [6.45, 7) is 2.25. The Hall–Kier alpha value is -3.28. The van der Waals surface area contributed by atoms with E-state index in [0.717, 1.165) is 30.2 Å². The van der Waals surface area contributed by atoms with Crippen LogP contribution in [0.5, 0.6) is 5.75 Å². The maximum absolute atomic E-state index is 13.5. The van der Waals surface area contributed by atoms with Crippen molar-refractivity contribution in [2.24, 2.45) is 11.7 Å². The van der Waals surface area contributed by atoms with Crippen molar-refractivity contribution in [1.82, 2.24) is 4.98 Å². The normalized spacial score (nSPS) is 19.4. The molecule has 1 saturated carbocycles. The Morgan fingerprint density at radius 3 is 2.72 bits per heavy atom. The fourth-order valence-electron chi connectivity index (χ4n) is 3.71. The first-order chi connectivity index (χ1) is 14.0. The van der Waals surface area contributed by atoms with E-state index in [4.69, 9.17) is 10.5 Å². The summed E-state index contributed by atoms with van der Waals surface area (Å²) in [7, 11) is 0. The fraction of sp³-hybridized carbons (Fsp3) is 0.261. The predicted molar refractivity (Wildman–Crippen MR) is 114 cm³/mol. The molecule has 2 aromatic carbocycles. The Labute approximate surface area is 168 Å². The number of benzene rings is 2. The summed E-state index contributed by atoms with van der Waals surface area (Å²) in [6.07, 6.45) is 5.27. The molecule has 6 heteroatoms. The number of ether oxygens (including phenoxy) is 1. The third-order valence-corrected chi connectivity index (χ3v) is 5.32. The molecule has 1 aliphatic rings. The molecule has 1 aliphatic carbocycles. The van der Waals surface area contributed by atoms with E-state index in [1.54, 1.807) is 12.3 Å². The van der Waals surface area contributed by atoms with Gasteiger partial charge in [0.25, 0.3) is 5.56 Å². The first-order valence-corrected chi connectivity index (χ1v) is 9.80. The molecule has 2 atom stereocenters. The van der Waals surface area contributed by atoms with Gasteiger partial charge in [0.15, 0.2) is 0 Å². The van der Waals surface area contributed by atoms with Crippen LogP contribution in [0.15, 0.2) is 59.5 Å². The van der Waals surface area contributed by atoms with Crippen molar-refractivity contribution < 1.29 is 9.13 Å². The zero-order valence-electron chi connectivity index (χ0n) is 16.2. The lowest BCUT2D eigenvalue weighted by molar-refractivity contribution is 0.205. The van der Waals surface area contributed by atoms with E-state index >= 15 is 0 Å². The molecule has 0 unspecified atom stereocenters. The average Bonchev–Trinajstić information content (AvgIpc) is 3.11. The molecule has 1 heterocycles. The predicted octanol–water partition coefficient (Wildman–Crippen LogP) is 4.60. The van der Waals surface area contributed by atoms with Crippen molar-refractivity contribution in [3.05, 3.63) is 76.5 Å². The van der Waals surface area contributed by atoms with Gasteiger partial charge in [-0.3, -0.25) is 4.79 Å². The lowest BCUT2D eigenvalue weighted by atomic mass is 10.1. The number of hydrogen-bond acceptors (Lipinski definition) is 4. The molecule has 0 radical (unpaired) electrons. The van der Waals surface area contributed by atoms with E-state index in [9.17, 15) is 9.18 Å². The number of pyridine rings is 1. The van der Waals surface area contributed by atoms with E-state index in [-0.39, 0.29) is 22.6 Å². The molecular weight excluding hydrogens is 369 g/mol. The van der Waals surface area contributed by atoms with Crippen LogP contribution in [0.25, 0.3) is 16.6 Å². The van der Waals surface area contributed by atoms with Gasteiger partial charge in [0.1, 0.15) is 11.6 Å². The Morgan fingerprint density at radius 1 is 1.21 bits per heavy atom. The van der Waals surface area contributed by atoms with E-state index in [1.165, 1.54) is 24.6 Å². The maximum Gasteiger partial charge on any atom is 0.257 e. The van der Waals surface area contributed by atoms with Crippen molar-refractivity contribution in [2.45, 2.75) is 32.3 Å². The van der Waals surface area contributed by atoms with Gasteiger partial charge in [-0.05, 0) is 73.7 Å². The molecule has 4 rings (SSSR count). The lowest BCUT2D eigenvalue weighted by Gasteiger charge is -2.14. The topological polar surface area (TPSA) is 80.1 Å². The van der Waals surface area contributed by atoms with Crippen molar-refractivity contribution in [2.75, 3.05) is 5.32 Å². The lowest BCUT2D eigenvalue weighted by Crippen LogP contribution is -2.15. The van der Waals surface area contributed by atoms with Gasteiger partial charge in [0.2, 0.25) is 0 Å². The van der Waals surface area contributed by atoms with Gasteiger partial charge in [-0.25, -0.2) is 4.39 Å². The van der Waals surface area contributed by atoms with Gasteiger partial charge in [-0.15, -0.1) is 0 Å². The smallest absolute Gasteiger partial charge is 0.257 e. The number of aromatic nitrogens is 1. The van der Waals surface area contributed by atoms with Crippen LogP contribution in [-0.2, 0) is 0 Å². The molecule has 29 heavy (non-hydrogen) atoms. The van der Waals surface area contributed by atoms with E-state index in [2.05, 4.69) is 17.2 Å². The number of H-pyrrole nitrogens is 1. The molecule has 0 bridgehead atoms. The summed E-state index contributed by atoms with van der Waals surface area (Å²) in [4.78, 5) is 15.0. The average molecular weight is 393 g/mol. The Bertz CT molecular complexity index is 1110. The van der Waals surface area contributed by atoms with Crippen LogP contribution in [0.1, 0.15) is 31.7 Å². The molecule has 0 aliphatic heterocycles. The van der Waals surface area contributed by atoms with Gasteiger partial charge in [0, 0.05) is 22.8 Å². The van der Waals surface area contributed by atoms with E-state index < -0.39 is 0 Å². The largest absolute Gasteiger partial charge is 0.490 e. The molecule has 0 saturated heterocycles. The number of fused-ring (bicyclic) bond motifs is 1. The second-order valence-corrected chi connectivity index (χ2v) is 7.67. The maximum atomic E-state index is 13.5. The van der Waals surface area contributed by atoms with Crippen LogP contribution in [0, 0.1) is 11.7 Å². The minimum absolute atomic E-state index is 0.262. The highest BCUT2D eigenvalue weighted by Crippen LogP contribution is 2.29. The molecule has 0 spiro atoms. The summed E-state index contributed by atoms with van der Waals surface area (Å²) in [6, 6.07) is 13.4. The second-order valence-electron chi connectivity index (χ2n) is 7.67. The number of anilines is 1. The molecule has 0 amide bonds. The molecule has 1 aromatic heterocycles. The van der Waals surface area contributed by atoms with E-state index in [0.29, 0.717) is 17.0 Å². The van der Waals surface area contributed by atoms with E-state index in [1.807, 2.05) is 24.3 Å². The zero-order valence-corrected chi connectivity index (χ0v) is 16.2. The Balaban J connectivity index is 1.46. The minimum Gasteiger partial charge on any atom is -0.490 e. The van der Waals surface area contributed by atoms with Gasteiger partial charge >= 0.3 is 0 Å². The second kappa shape index (κ2) is 7.99. The van der Waals surface area contributed by atoms with Crippen LogP contribution in [0.3, 0.4) is 0 Å². The van der Waals surface area contributed by atoms with Crippen molar-refractivity contribution in [1.29, 1.82) is 0 Å². The zero-order chi connectivity index (χ0) is 20.4. The van der Waals surface area contributed by atoms with Gasteiger partial charge in [0.05, 0.1) is 17.4 Å². The minimum atomic E-state index is -0.370. The Kier molecular flexibility index (Phi) is 5.25. The number of nitrogens with one attached hydrogen (secondary N) is 2. The summed E-state index contributed by atoms with van der Waals surface area (Å²) in [5.74, 6) is 1.20. The van der Waals surface area contributed by atoms with Crippen LogP contribution < -0.4 is 21.3 Å². The van der Waals surface area contributed by atoms with Crippen molar-refractivity contribution >= 4 is 22.3 Å². The first-order valence-electron chi connectivity index (χ1n) is 9.80. The number of hydrogen-bond donors (Lipinski definition) is 3. The van der Waals surface area contributed by atoms with Gasteiger partial charge < -0.3 is 20.8 Å². The third kappa shape index (κ3) is 4.42. The number of aromatic amines is 1. The molecule has 3 aromatic rings. The number of halogens is 1. The number of rotatable bonds is 5. The quantitative estimate of drug-likeness (QED) is 0.592. The summed E-state index contributed by atoms with van der Waals surface area (Å²) < 4.78 is 19.5. The summed E-state index contributed by atoms with van der Waals surface area (Å²) >= 11 is 0. The third-order valence-electron chi connectivity index (χ3n) is 5.32. The van der Waals surface area contributed by atoms with Crippen molar-refractivity contribution in [3.63, 3.8) is 0 Å². The fourth-order valence-corrected chi connectivity index (χ4v) is 3.71. The monoisotopic (exact) mass is 393 g/mol. The van der Waals surface area contributed by atoms with Crippen molar-refractivity contribution in [3.8, 4) is 5.75 Å². The number of nitrogens with two attached hydrogens (primary N) is 1. The summed E-state index contributed by atoms with van der Waals surface area (Å²) in [5, 5.41) is 3.67. The van der Waals surface area contributed by atoms with Crippen LogP contribution in [0.4, 0.5) is 10.1 Å². The molecule has 5 nitrogen and oxygen atoms in total. The first kappa shape index (κ1) is 19.1. The van der Waals surface area contributed by atoms with Crippen LogP contribution in [-0.4, -0.2) is 11.1 Å². The highest BCUT2D eigenvalue weighted by atomic mass is 19.1. The molecule has 150 valence electrons. The highest BCUT2D eigenvalue weighted by molar-refractivity contribution is 5.82. The SMILES string of the molecule is C[C@H]1CC[C@@H](Oc2ccc(N/C=C(\N)c3cc4cc(F)ccc4[nH]c3=O)cc2)C1. The van der Waals surface area contributed by atoms with Gasteiger partial charge in [-0.1, -0.05) is 6.92 Å². The van der Waals surface area contributed by atoms with Gasteiger partial charge in [-0.2, -0.15) is 0 Å². The molecule has 1 fully saturated rings. The standard InChI is InChI=1S/C23H24FN3O2/c1-14-2-6-19(10-14)29-18-7-4-17(5-8-18)26-13-21(25)20-12-15-11-16(24)3-9-22(15)27-23(20)28/h3-5,7-9,11-14,19,26H,2,6,10,25H2,1H3,(H,27,28)/b21-13-/t14-,19+/m0/s1. The molecular formula is C23H24FN3O2. The summed E-state index contributed by atoms with van der Waals surface area (Å²) in [5.41, 5.74) is 7.69. The van der Waals surface area contributed by atoms with Crippen LogP contribution >= 0.6 is 0 Å².